The largest absolute Gasteiger partial charge is 0.376 e. The van der Waals surface area contributed by atoms with E-state index in [4.69, 9.17) is 4.74 Å². The van der Waals surface area contributed by atoms with E-state index >= 15 is 0 Å². The molecule has 1 amide bonds. The van der Waals surface area contributed by atoms with Crippen LogP contribution in [0.3, 0.4) is 0 Å². The predicted octanol–water partition coefficient (Wildman–Crippen LogP) is 2.60. The Balaban J connectivity index is 1.52. The topological polar surface area (TPSA) is 60.2 Å². The van der Waals surface area contributed by atoms with Gasteiger partial charge in [0.05, 0.1) is 25.7 Å². The molecule has 1 unspecified atom stereocenters. The Morgan fingerprint density at radius 2 is 1.92 bits per heavy atom. The molecule has 0 fully saturated rings. The van der Waals surface area contributed by atoms with Gasteiger partial charge in [0, 0.05) is 19.0 Å². The van der Waals surface area contributed by atoms with Gasteiger partial charge in [-0.3, -0.25) is 4.79 Å². The molecule has 0 saturated heterocycles. The normalized spacial score (nSPS) is 15.3. The highest BCUT2D eigenvalue weighted by Gasteiger charge is 2.27. The van der Waals surface area contributed by atoms with Crippen LogP contribution < -0.4 is 0 Å². The molecule has 1 aromatic heterocycles. The fraction of sp³-hybridized carbons (Fsp3) is 0.526. The van der Waals surface area contributed by atoms with Gasteiger partial charge in [0.1, 0.15) is 5.82 Å². The molecular formula is C19H26N4O2. The third-order valence-electron chi connectivity index (χ3n) is 4.51. The van der Waals surface area contributed by atoms with E-state index in [9.17, 15) is 4.79 Å². The Bertz CT molecular complexity index is 711. The molecule has 6 nitrogen and oxygen atoms in total. The molecular weight excluding hydrogens is 316 g/mol. The first-order valence-electron chi connectivity index (χ1n) is 8.88. The predicted molar refractivity (Wildman–Crippen MR) is 94.8 cm³/mol. The minimum absolute atomic E-state index is 0.119. The van der Waals surface area contributed by atoms with Crippen LogP contribution in [0.4, 0.5) is 0 Å². The van der Waals surface area contributed by atoms with Crippen LogP contribution in [0.15, 0.2) is 30.3 Å². The van der Waals surface area contributed by atoms with E-state index in [1.165, 1.54) is 0 Å². The quantitative estimate of drug-likeness (QED) is 0.810. The molecule has 134 valence electrons. The number of carbonyl (C=O) groups is 1. The average molecular weight is 342 g/mol. The molecule has 0 saturated carbocycles. The first-order chi connectivity index (χ1) is 12.1. The van der Waals surface area contributed by atoms with Crippen LogP contribution in [-0.2, 0) is 29.2 Å². The number of ether oxygens (including phenoxy) is 1. The lowest BCUT2D eigenvalue weighted by molar-refractivity contribution is -0.138. The number of hydrogen-bond acceptors (Lipinski definition) is 4. The van der Waals surface area contributed by atoms with E-state index < -0.39 is 0 Å². The molecule has 6 heteroatoms. The van der Waals surface area contributed by atoms with Gasteiger partial charge < -0.3 is 14.2 Å². The molecule has 3 rings (SSSR count). The van der Waals surface area contributed by atoms with Crippen LogP contribution >= 0.6 is 0 Å². The van der Waals surface area contributed by atoms with Crippen LogP contribution in [0, 0.1) is 5.92 Å². The SMILES string of the molecule is CC(COCc1ccccc1)C(=O)N1CCn2c(nnc2C(C)C)C1. The van der Waals surface area contributed by atoms with Crippen molar-refractivity contribution in [2.75, 3.05) is 13.2 Å². The number of nitrogens with zero attached hydrogens (tertiary/aromatic N) is 4. The van der Waals surface area contributed by atoms with Crippen molar-refractivity contribution in [3.8, 4) is 0 Å². The highest BCUT2D eigenvalue weighted by atomic mass is 16.5. The molecule has 2 heterocycles. The second-order valence-electron chi connectivity index (χ2n) is 6.94. The van der Waals surface area contributed by atoms with Gasteiger partial charge in [-0.2, -0.15) is 0 Å². The smallest absolute Gasteiger partial charge is 0.228 e. The Morgan fingerprint density at radius 3 is 2.64 bits per heavy atom. The number of benzene rings is 1. The molecule has 25 heavy (non-hydrogen) atoms. The Hall–Kier alpha value is -2.21. The molecule has 1 aromatic carbocycles. The summed E-state index contributed by atoms with van der Waals surface area (Å²) in [6.45, 7) is 9.10. The van der Waals surface area contributed by atoms with Crippen LogP contribution in [0.1, 0.15) is 43.9 Å². The summed E-state index contributed by atoms with van der Waals surface area (Å²) >= 11 is 0. The van der Waals surface area contributed by atoms with E-state index in [2.05, 4.69) is 28.6 Å². The number of hydrogen-bond donors (Lipinski definition) is 0. The maximum absolute atomic E-state index is 12.7. The molecule has 1 aliphatic heterocycles. The second-order valence-corrected chi connectivity index (χ2v) is 6.94. The van der Waals surface area contributed by atoms with Crippen molar-refractivity contribution >= 4 is 5.91 Å². The Labute approximate surface area is 148 Å². The van der Waals surface area contributed by atoms with E-state index in [1.807, 2.05) is 42.2 Å². The zero-order valence-electron chi connectivity index (χ0n) is 15.2. The summed E-state index contributed by atoms with van der Waals surface area (Å²) in [6.07, 6.45) is 0. The number of aromatic nitrogens is 3. The van der Waals surface area contributed by atoms with Crippen molar-refractivity contribution < 1.29 is 9.53 Å². The third-order valence-corrected chi connectivity index (χ3v) is 4.51. The van der Waals surface area contributed by atoms with Crippen molar-refractivity contribution in [1.82, 2.24) is 19.7 Å². The highest BCUT2D eigenvalue weighted by Crippen LogP contribution is 2.19. The minimum Gasteiger partial charge on any atom is -0.376 e. The van der Waals surface area contributed by atoms with Crippen molar-refractivity contribution in [3.05, 3.63) is 47.5 Å². The molecule has 1 aliphatic rings. The third kappa shape index (κ3) is 4.07. The molecule has 0 spiro atoms. The van der Waals surface area contributed by atoms with Crippen molar-refractivity contribution in [2.24, 2.45) is 5.92 Å². The fourth-order valence-electron chi connectivity index (χ4n) is 3.11. The molecule has 1 atom stereocenters. The van der Waals surface area contributed by atoms with Gasteiger partial charge in [-0.25, -0.2) is 0 Å². The summed E-state index contributed by atoms with van der Waals surface area (Å²) in [5.74, 6) is 2.17. The molecule has 0 N–H and O–H groups in total. The maximum Gasteiger partial charge on any atom is 0.228 e. The van der Waals surface area contributed by atoms with Gasteiger partial charge in [-0.15, -0.1) is 10.2 Å². The summed E-state index contributed by atoms with van der Waals surface area (Å²) in [5.41, 5.74) is 1.12. The summed E-state index contributed by atoms with van der Waals surface area (Å²) in [4.78, 5) is 14.5. The molecule has 0 aliphatic carbocycles. The molecule has 2 aromatic rings. The molecule has 0 radical (unpaired) electrons. The van der Waals surface area contributed by atoms with Crippen molar-refractivity contribution in [1.29, 1.82) is 0 Å². The van der Waals surface area contributed by atoms with Gasteiger partial charge in [0.15, 0.2) is 5.82 Å². The van der Waals surface area contributed by atoms with Gasteiger partial charge in [-0.1, -0.05) is 51.1 Å². The lowest BCUT2D eigenvalue weighted by atomic mass is 10.1. The maximum atomic E-state index is 12.7. The van der Waals surface area contributed by atoms with E-state index in [0.29, 0.717) is 32.2 Å². The van der Waals surface area contributed by atoms with Crippen LogP contribution in [0.2, 0.25) is 0 Å². The van der Waals surface area contributed by atoms with E-state index in [-0.39, 0.29) is 11.8 Å². The highest BCUT2D eigenvalue weighted by molar-refractivity contribution is 5.78. The van der Waals surface area contributed by atoms with Crippen LogP contribution in [0.25, 0.3) is 0 Å². The summed E-state index contributed by atoms with van der Waals surface area (Å²) in [7, 11) is 0. The number of fused-ring (bicyclic) bond motifs is 1. The standard InChI is InChI=1S/C19H26N4O2/c1-14(2)18-21-20-17-11-22(9-10-23(17)18)19(24)15(3)12-25-13-16-7-5-4-6-8-16/h4-8,14-15H,9-13H2,1-3H3. The first-order valence-corrected chi connectivity index (χ1v) is 8.88. The summed E-state index contributed by atoms with van der Waals surface area (Å²) in [5, 5.41) is 8.53. The van der Waals surface area contributed by atoms with Crippen LogP contribution in [-0.4, -0.2) is 38.7 Å². The number of amides is 1. The van der Waals surface area contributed by atoms with Crippen LogP contribution in [0.5, 0.6) is 0 Å². The minimum atomic E-state index is -0.164. The molecule has 0 bridgehead atoms. The number of rotatable bonds is 6. The van der Waals surface area contributed by atoms with E-state index in [1.54, 1.807) is 0 Å². The monoisotopic (exact) mass is 342 g/mol. The zero-order valence-corrected chi connectivity index (χ0v) is 15.2. The van der Waals surface area contributed by atoms with Gasteiger partial charge in [-0.05, 0) is 5.56 Å². The van der Waals surface area contributed by atoms with E-state index in [0.717, 1.165) is 23.8 Å². The second kappa shape index (κ2) is 7.78. The fourth-order valence-corrected chi connectivity index (χ4v) is 3.11. The van der Waals surface area contributed by atoms with Gasteiger partial charge in [0.25, 0.3) is 0 Å². The first kappa shape index (κ1) is 17.6. The zero-order chi connectivity index (χ0) is 17.8. The Morgan fingerprint density at radius 1 is 1.16 bits per heavy atom. The lowest BCUT2D eigenvalue weighted by Crippen LogP contribution is -2.42. The van der Waals surface area contributed by atoms with Crippen molar-refractivity contribution in [3.63, 3.8) is 0 Å². The van der Waals surface area contributed by atoms with Crippen molar-refractivity contribution in [2.45, 2.75) is 46.4 Å². The summed E-state index contributed by atoms with van der Waals surface area (Å²) in [6, 6.07) is 10.0. The van der Waals surface area contributed by atoms with Gasteiger partial charge >= 0.3 is 0 Å². The Kier molecular flexibility index (Phi) is 5.48. The van der Waals surface area contributed by atoms with Gasteiger partial charge in [0.2, 0.25) is 5.91 Å². The summed E-state index contributed by atoms with van der Waals surface area (Å²) < 4.78 is 7.86. The number of carbonyl (C=O) groups excluding carboxylic acids is 1. The average Bonchev–Trinajstić information content (AvgIpc) is 3.05. The lowest BCUT2D eigenvalue weighted by Gasteiger charge is -2.30.